The Kier molecular flexibility index (Phi) is 3.51. The van der Waals surface area contributed by atoms with Crippen molar-refractivity contribution < 1.29 is 13.9 Å². The number of para-hydroxylation sites is 1. The van der Waals surface area contributed by atoms with Crippen LogP contribution in [0.15, 0.2) is 36.4 Å². The number of hydrogen-bond acceptors (Lipinski definition) is 3. The first-order chi connectivity index (χ1) is 9.04. The van der Waals surface area contributed by atoms with E-state index < -0.39 is 0 Å². The summed E-state index contributed by atoms with van der Waals surface area (Å²) >= 11 is 0. The van der Waals surface area contributed by atoms with Crippen LogP contribution in [-0.2, 0) is 0 Å². The predicted molar refractivity (Wildman–Crippen MR) is 72.0 cm³/mol. The van der Waals surface area contributed by atoms with Gasteiger partial charge in [0.1, 0.15) is 11.6 Å². The molecule has 4 heteroatoms. The molecule has 0 aromatic heterocycles. The second-order valence-electron chi connectivity index (χ2n) is 4.21. The van der Waals surface area contributed by atoms with Crippen LogP contribution in [-0.4, -0.2) is 12.9 Å². The van der Waals surface area contributed by atoms with Crippen LogP contribution in [0, 0.1) is 12.7 Å². The lowest BCUT2D eigenvalue weighted by molar-refractivity contribution is 0.103. The number of nitrogen functional groups attached to an aromatic ring is 1. The highest BCUT2D eigenvalue weighted by Crippen LogP contribution is 2.27. The van der Waals surface area contributed by atoms with E-state index >= 15 is 0 Å². The molecule has 0 unspecified atom stereocenters. The van der Waals surface area contributed by atoms with Crippen LogP contribution in [0.3, 0.4) is 0 Å². The Morgan fingerprint density at radius 2 is 2.00 bits per heavy atom. The van der Waals surface area contributed by atoms with Crippen molar-refractivity contribution in [1.82, 2.24) is 0 Å². The van der Waals surface area contributed by atoms with Crippen molar-refractivity contribution in [3.63, 3.8) is 0 Å². The Balaban J connectivity index is 2.47. The minimum Gasteiger partial charge on any atom is -0.495 e. The summed E-state index contributed by atoms with van der Waals surface area (Å²) in [6.07, 6.45) is 0. The van der Waals surface area contributed by atoms with Crippen LogP contribution in [0.1, 0.15) is 21.5 Å². The Morgan fingerprint density at radius 3 is 2.63 bits per heavy atom. The summed E-state index contributed by atoms with van der Waals surface area (Å²) in [5.74, 6) is -0.139. The summed E-state index contributed by atoms with van der Waals surface area (Å²) in [6.45, 7) is 1.61. The molecule has 0 fully saturated rings. The zero-order chi connectivity index (χ0) is 14.0. The first-order valence-electron chi connectivity index (χ1n) is 5.78. The highest BCUT2D eigenvalue weighted by Gasteiger charge is 2.15. The average Bonchev–Trinajstić information content (AvgIpc) is 2.41. The van der Waals surface area contributed by atoms with Crippen molar-refractivity contribution in [2.45, 2.75) is 6.92 Å². The van der Waals surface area contributed by atoms with E-state index in [4.69, 9.17) is 10.5 Å². The van der Waals surface area contributed by atoms with Gasteiger partial charge in [-0.3, -0.25) is 4.79 Å². The fourth-order valence-corrected chi connectivity index (χ4v) is 1.86. The van der Waals surface area contributed by atoms with E-state index in [2.05, 4.69) is 0 Å². The Morgan fingerprint density at radius 1 is 1.26 bits per heavy atom. The van der Waals surface area contributed by atoms with Gasteiger partial charge >= 0.3 is 0 Å². The lowest BCUT2D eigenvalue weighted by Gasteiger charge is -2.09. The first-order valence-corrected chi connectivity index (χ1v) is 5.78. The monoisotopic (exact) mass is 259 g/mol. The molecule has 2 aromatic carbocycles. The Hall–Kier alpha value is -2.36. The summed E-state index contributed by atoms with van der Waals surface area (Å²) in [5.41, 5.74) is 7.35. The van der Waals surface area contributed by atoms with Crippen molar-refractivity contribution >= 4 is 11.5 Å². The lowest BCUT2D eigenvalue weighted by Crippen LogP contribution is -2.07. The van der Waals surface area contributed by atoms with Gasteiger partial charge in [0.05, 0.1) is 12.8 Å². The van der Waals surface area contributed by atoms with Crippen molar-refractivity contribution in [3.8, 4) is 5.75 Å². The largest absolute Gasteiger partial charge is 0.495 e. The number of carbonyl (C=O) groups excluding carboxylic acids is 1. The van der Waals surface area contributed by atoms with E-state index in [1.54, 1.807) is 25.1 Å². The average molecular weight is 259 g/mol. The van der Waals surface area contributed by atoms with Crippen molar-refractivity contribution in [2.75, 3.05) is 12.8 Å². The van der Waals surface area contributed by atoms with Gasteiger partial charge in [-0.15, -0.1) is 0 Å². The Bertz CT molecular complexity index is 638. The van der Waals surface area contributed by atoms with Gasteiger partial charge in [-0.25, -0.2) is 4.39 Å². The van der Waals surface area contributed by atoms with Crippen LogP contribution >= 0.6 is 0 Å². The number of rotatable bonds is 3. The number of ketones is 1. The molecule has 0 aliphatic heterocycles. The molecular formula is C15H14FNO2. The number of aryl methyl sites for hydroxylation is 1. The number of anilines is 1. The van der Waals surface area contributed by atoms with Crippen LogP contribution in [0.5, 0.6) is 5.75 Å². The summed E-state index contributed by atoms with van der Waals surface area (Å²) in [4.78, 5) is 12.3. The van der Waals surface area contributed by atoms with E-state index in [1.165, 1.54) is 25.3 Å². The lowest BCUT2D eigenvalue weighted by atomic mass is 10.00. The fourth-order valence-electron chi connectivity index (χ4n) is 1.86. The molecule has 0 aliphatic carbocycles. The smallest absolute Gasteiger partial charge is 0.195 e. The number of nitrogens with two attached hydrogens (primary N) is 1. The number of benzene rings is 2. The molecule has 0 bridgehead atoms. The zero-order valence-electron chi connectivity index (χ0n) is 10.7. The molecule has 2 N–H and O–H groups in total. The molecule has 0 aliphatic rings. The third-order valence-corrected chi connectivity index (χ3v) is 2.95. The van der Waals surface area contributed by atoms with Crippen LogP contribution in [0.4, 0.5) is 10.1 Å². The van der Waals surface area contributed by atoms with Crippen LogP contribution in [0.2, 0.25) is 0 Å². The van der Waals surface area contributed by atoms with Gasteiger partial charge in [0.15, 0.2) is 5.78 Å². The SMILES string of the molecule is COc1cccc(C(=O)c2ccc(F)c(C)c2)c1N. The molecule has 0 spiro atoms. The highest BCUT2D eigenvalue weighted by atomic mass is 19.1. The normalized spacial score (nSPS) is 10.3. The van der Waals surface area contributed by atoms with Crippen molar-refractivity contribution in [3.05, 3.63) is 58.9 Å². The summed E-state index contributed by atoms with van der Waals surface area (Å²) in [6, 6.07) is 9.23. The van der Waals surface area contributed by atoms with E-state index in [0.29, 0.717) is 22.4 Å². The van der Waals surface area contributed by atoms with E-state index in [0.717, 1.165) is 0 Å². The Labute approximate surface area is 110 Å². The van der Waals surface area contributed by atoms with Gasteiger partial charge in [-0.1, -0.05) is 6.07 Å². The standard InChI is InChI=1S/C15H14FNO2/c1-9-8-10(6-7-12(9)16)15(18)11-4-3-5-13(19-2)14(11)17/h3-8H,17H2,1-2H3. The third-order valence-electron chi connectivity index (χ3n) is 2.95. The molecule has 0 atom stereocenters. The molecule has 19 heavy (non-hydrogen) atoms. The maximum Gasteiger partial charge on any atom is 0.195 e. The van der Waals surface area contributed by atoms with Crippen molar-refractivity contribution in [1.29, 1.82) is 0 Å². The van der Waals surface area contributed by atoms with Gasteiger partial charge in [0, 0.05) is 11.1 Å². The van der Waals surface area contributed by atoms with E-state index in [9.17, 15) is 9.18 Å². The number of hydrogen-bond donors (Lipinski definition) is 1. The van der Waals surface area contributed by atoms with Gasteiger partial charge in [-0.2, -0.15) is 0 Å². The van der Waals surface area contributed by atoms with Gasteiger partial charge in [0.25, 0.3) is 0 Å². The molecule has 0 saturated heterocycles. The number of halogens is 1. The molecule has 0 saturated carbocycles. The quantitative estimate of drug-likeness (QED) is 0.681. The summed E-state index contributed by atoms with van der Waals surface area (Å²) in [7, 11) is 1.49. The molecule has 2 aromatic rings. The fraction of sp³-hybridized carbons (Fsp3) is 0.133. The van der Waals surface area contributed by atoms with Gasteiger partial charge in [-0.05, 0) is 42.8 Å². The molecule has 3 nitrogen and oxygen atoms in total. The third kappa shape index (κ3) is 2.42. The minimum atomic E-state index is -0.338. The minimum absolute atomic E-state index is 0.250. The molecule has 0 radical (unpaired) electrons. The van der Waals surface area contributed by atoms with Crippen molar-refractivity contribution in [2.24, 2.45) is 0 Å². The molecule has 0 heterocycles. The second-order valence-corrected chi connectivity index (χ2v) is 4.21. The summed E-state index contributed by atoms with van der Waals surface area (Å²) < 4.78 is 18.3. The van der Waals surface area contributed by atoms with E-state index in [-0.39, 0.29) is 17.3 Å². The van der Waals surface area contributed by atoms with Gasteiger partial charge in [0.2, 0.25) is 0 Å². The number of methoxy groups -OCH3 is 1. The molecule has 0 amide bonds. The molecular weight excluding hydrogens is 245 g/mol. The van der Waals surface area contributed by atoms with Crippen LogP contribution < -0.4 is 10.5 Å². The highest BCUT2D eigenvalue weighted by molar-refractivity contribution is 6.12. The summed E-state index contributed by atoms with van der Waals surface area (Å²) in [5, 5.41) is 0. The number of carbonyl (C=O) groups is 1. The van der Waals surface area contributed by atoms with E-state index in [1.807, 2.05) is 0 Å². The second kappa shape index (κ2) is 5.10. The maximum absolute atomic E-state index is 13.2. The predicted octanol–water partition coefficient (Wildman–Crippen LogP) is 2.96. The van der Waals surface area contributed by atoms with Gasteiger partial charge < -0.3 is 10.5 Å². The maximum atomic E-state index is 13.2. The topological polar surface area (TPSA) is 52.3 Å². The zero-order valence-corrected chi connectivity index (χ0v) is 10.7. The van der Waals surface area contributed by atoms with Crippen LogP contribution in [0.25, 0.3) is 0 Å². The molecule has 98 valence electrons. The number of ether oxygens (including phenoxy) is 1. The molecule has 2 rings (SSSR count). The first kappa shape index (κ1) is 13.1.